The van der Waals surface area contributed by atoms with Crippen molar-refractivity contribution in [2.75, 3.05) is 13.1 Å². The average molecular weight is 442 g/mol. The van der Waals surface area contributed by atoms with Gasteiger partial charge in [-0.25, -0.2) is 4.39 Å². The number of H-pyrrole nitrogens is 1. The van der Waals surface area contributed by atoms with Crippen LogP contribution in [0.5, 0.6) is 0 Å². The van der Waals surface area contributed by atoms with E-state index >= 15 is 0 Å². The van der Waals surface area contributed by atoms with E-state index in [0.29, 0.717) is 30.4 Å². The molecule has 0 radical (unpaired) electrons. The number of hydrogen-bond donors (Lipinski definition) is 2. The van der Waals surface area contributed by atoms with Crippen LogP contribution in [0.15, 0.2) is 48.5 Å². The Bertz CT molecular complexity index is 1090. The quantitative estimate of drug-likeness (QED) is 0.599. The molecule has 2 amide bonds. The summed E-state index contributed by atoms with van der Waals surface area (Å²) in [6.07, 6.45) is 1.56. The third-order valence-corrected chi connectivity index (χ3v) is 6.38. The standard InChI is InChI=1S/C24H25ClFN3O2/c1-15(23(30)27-14-16-2-5-20(26)6-3-16)17-8-10-29(11-9-17)24(31)22-13-18-12-19(25)4-7-21(18)28-22/h2-7,12-13,15,17,28H,8-11,14H2,1H3,(H,27,30)/t15-/m0/s1. The maximum atomic E-state index is 13.0. The van der Waals surface area contributed by atoms with Crippen molar-refractivity contribution in [3.8, 4) is 0 Å². The number of fused-ring (bicyclic) bond motifs is 1. The highest BCUT2D eigenvalue weighted by Crippen LogP contribution is 2.27. The highest BCUT2D eigenvalue weighted by molar-refractivity contribution is 6.31. The molecule has 1 aromatic heterocycles. The fourth-order valence-electron chi connectivity index (χ4n) is 4.16. The Morgan fingerprint density at radius 3 is 2.58 bits per heavy atom. The van der Waals surface area contributed by atoms with E-state index in [0.717, 1.165) is 29.3 Å². The van der Waals surface area contributed by atoms with Crippen LogP contribution >= 0.6 is 11.6 Å². The summed E-state index contributed by atoms with van der Waals surface area (Å²) in [5, 5.41) is 4.49. The van der Waals surface area contributed by atoms with Gasteiger partial charge in [-0.3, -0.25) is 9.59 Å². The molecule has 2 N–H and O–H groups in total. The van der Waals surface area contributed by atoms with Crippen LogP contribution in [0.25, 0.3) is 10.9 Å². The van der Waals surface area contributed by atoms with Crippen molar-refractivity contribution in [1.82, 2.24) is 15.2 Å². The second kappa shape index (κ2) is 9.10. The summed E-state index contributed by atoms with van der Waals surface area (Å²) >= 11 is 6.03. The van der Waals surface area contributed by atoms with E-state index in [1.165, 1.54) is 12.1 Å². The van der Waals surface area contributed by atoms with Gasteiger partial charge >= 0.3 is 0 Å². The number of hydrogen-bond acceptors (Lipinski definition) is 2. The molecule has 3 aromatic rings. The first-order valence-corrected chi connectivity index (χ1v) is 10.9. The third-order valence-electron chi connectivity index (χ3n) is 6.14. The predicted molar refractivity (Wildman–Crippen MR) is 119 cm³/mol. The Labute approximate surface area is 185 Å². The van der Waals surface area contributed by atoms with Gasteiger partial charge in [0.15, 0.2) is 0 Å². The third kappa shape index (κ3) is 4.90. The van der Waals surface area contributed by atoms with Crippen molar-refractivity contribution in [2.45, 2.75) is 26.3 Å². The number of aromatic amines is 1. The number of halogens is 2. The summed E-state index contributed by atoms with van der Waals surface area (Å²) < 4.78 is 13.0. The lowest BCUT2D eigenvalue weighted by atomic mass is 9.84. The minimum atomic E-state index is -0.291. The molecule has 1 saturated heterocycles. The Morgan fingerprint density at radius 2 is 1.87 bits per heavy atom. The zero-order valence-electron chi connectivity index (χ0n) is 17.3. The summed E-state index contributed by atoms with van der Waals surface area (Å²) in [4.78, 5) is 30.5. The van der Waals surface area contributed by atoms with E-state index in [9.17, 15) is 14.0 Å². The van der Waals surface area contributed by atoms with Crippen molar-refractivity contribution in [1.29, 1.82) is 0 Å². The molecule has 31 heavy (non-hydrogen) atoms. The van der Waals surface area contributed by atoms with Crippen molar-refractivity contribution in [3.05, 3.63) is 70.6 Å². The summed E-state index contributed by atoms with van der Waals surface area (Å²) in [5.41, 5.74) is 2.30. The van der Waals surface area contributed by atoms with Crippen LogP contribution in [0.2, 0.25) is 5.02 Å². The minimum absolute atomic E-state index is 0.0124. The van der Waals surface area contributed by atoms with Crippen molar-refractivity contribution >= 4 is 34.3 Å². The van der Waals surface area contributed by atoms with Crippen LogP contribution in [0.3, 0.4) is 0 Å². The molecule has 0 aliphatic carbocycles. The van der Waals surface area contributed by atoms with E-state index in [-0.39, 0.29) is 29.5 Å². The van der Waals surface area contributed by atoms with E-state index in [2.05, 4.69) is 10.3 Å². The minimum Gasteiger partial charge on any atom is -0.352 e. The molecule has 0 unspecified atom stereocenters. The smallest absolute Gasteiger partial charge is 0.270 e. The molecule has 162 valence electrons. The molecule has 2 heterocycles. The largest absolute Gasteiger partial charge is 0.352 e. The van der Waals surface area contributed by atoms with Gasteiger partial charge < -0.3 is 15.2 Å². The maximum absolute atomic E-state index is 13.0. The molecule has 0 bridgehead atoms. The number of nitrogens with one attached hydrogen (secondary N) is 2. The van der Waals surface area contributed by atoms with Crippen LogP contribution in [0, 0.1) is 17.7 Å². The lowest BCUT2D eigenvalue weighted by Gasteiger charge is -2.34. The lowest BCUT2D eigenvalue weighted by molar-refractivity contribution is -0.126. The fourth-order valence-corrected chi connectivity index (χ4v) is 4.34. The topological polar surface area (TPSA) is 65.2 Å². The summed E-state index contributed by atoms with van der Waals surface area (Å²) in [6, 6.07) is 13.4. The first-order chi connectivity index (χ1) is 14.9. The monoisotopic (exact) mass is 441 g/mol. The number of piperidine rings is 1. The van der Waals surface area contributed by atoms with E-state index < -0.39 is 0 Å². The summed E-state index contributed by atoms with van der Waals surface area (Å²) in [5.74, 6) is -0.256. The summed E-state index contributed by atoms with van der Waals surface area (Å²) in [7, 11) is 0. The number of aromatic nitrogens is 1. The first-order valence-electron chi connectivity index (χ1n) is 10.5. The van der Waals surface area contributed by atoms with Crippen LogP contribution in [-0.4, -0.2) is 34.8 Å². The van der Waals surface area contributed by atoms with E-state index in [1.54, 1.807) is 18.2 Å². The van der Waals surface area contributed by atoms with Crippen LogP contribution in [0.1, 0.15) is 35.8 Å². The molecule has 1 aliphatic heterocycles. The molecule has 2 aromatic carbocycles. The highest BCUT2D eigenvalue weighted by Gasteiger charge is 2.30. The van der Waals surface area contributed by atoms with E-state index in [1.807, 2.05) is 30.0 Å². The van der Waals surface area contributed by atoms with Gasteiger partial charge in [-0.05, 0) is 60.7 Å². The molecular weight excluding hydrogens is 417 g/mol. The van der Waals surface area contributed by atoms with Gasteiger partial charge in [-0.15, -0.1) is 0 Å². The van der Waals surface area contributed by atoms with Crippen molar-refractivity contribution in [2.24, 2.45) is 11.8 Å². The number of amides is 2. The summed E-state index contributed by atoms with van der Waals surface area (Å²) in [6.45, 7) is 3.55. The van der Waals surface area contributed by atoms with Crippen LogP contribution in [-0.2, 0) is 11.3 Å². The number of rotatable bonds is 5. The zero-order valence-corrected chi connectivity index (χ0v) is 18.1. The first kappa shape index (κ1) is 21.4. The molecule has 4 rings (SSSR count). The lowest BCUT2D eigenvalue weighted by Crippen LogP contribution is -2.42. The molecular formula is C24H25ClFN3O2. The molecule has 5 nitrogen and oxygen atoms in total. The number of carbonyl (C=O) groups excluding carboxylic acids is 2. The van der Waals surface area contributed by atoms with Gasteiger partial charge in [0.05, 0.1) is 0 Å². The predicted octanol–water partition coefficient (Wildman–Crippen LogP) is 4.77. The molecule has 1 atom stereocenters. The van der Waals surface area contributed by atoms with Gasteiger partial charge in [-0.2, -0.15) is 0 Å². The number of benzene rings is 2. The Morgan fingerprint density at radius 1 is 1.16 bits per heavy atom. The number of nitrogens with zero attached hydrogens (tertiary/aromatic N) is 1. The van der Waals surface area contributed by atoms with Crippen LogP contribution in [0.4, 0.5) is 4.39 Å². The van der Waals surface area contributed by atoms with Crippen molar-refractivity contribution in [3.63, 3.8) is 0 Å². The molecule has 1 fully saturated rings. The number of likely N-dealkylation sites (tertiary alicyclic amines) is 1. The van der Waals surface area contributed by atoms with Gasteiger partial charge in [0.2, 0.25) is 5.91 Å². The molecule has 0 spiro atoms. The zero-order chi connectivity index (χ0) is 22.0. The SMILES string of the molecule is C[C@H](C(=O)NCc1ccc(F)cc1)C1CCN(C(=O)c2cc3cc(Cl)ccc3[nH]2)CC1. The Balaban J connectivity index is 1.30. The van der Waals surface area contributed by atoms with Crippen LogP contribution < -0.4 is 5.32 Å². The van der Waals surface area contributed by atoms with Gasteiger partial charge in [0.1, 0.15) is 11.5 Å². The second-order valence-electron chi connectivity index (χ2n) is 8.18. The number of carbonyl (C=O) groups is 2. The van der Waals surface area contributed by atoms with Gasteiger partial charge in [0, 0.05) is 41.5 Å². The Kier molecular flexibility index (Phi) is 6.28. The fraction of sp³-hybridized carbons (Fsp3) is 0.333. The highest BCUT2D eigenvalue weighted by atomic mass is 35.5. The van der Waals surface area contributed by atoms with Crippen molar-refractivity contribution < 1.29 is 14.0 Å². The molecule has 7 heteroatoms. The normalized spacial score (nSPS) is 15.8. The van der Waals surface area contributed by atoms with Gasteiger partial charge in [-0.1, -0.05) is 30.7 Å². The average Bonchev–Trinajstić information content (AvgIpc) is 3.21. The van der Waals surface area contributed by atoms with Gasteiger partial charge in [0.25, 0.3) is 5.91 Å². The second-order valence-corrected chi connectivity index (χ2v) is 8.61. The molecule has 0 saturated carbocycles. The molecule has 1 aliphatic rings. The Hall–Kier alpha value is -2.86. The maximum Gasteiger partial charge on any atom is 0.270 e. The van der Waals surface area contributed by atoms with E-state index in [4.69, 9.17) is 11.6 Å².